The van der Waals surface area contributed by atoms with Crippen molar-refractivity contribution in [1.29, 1.82) is 0 Å². The van der Waals surface area contributed by atoms with Gasteiger partial charge in [-0.05, 0) is 73.1 Å². The second kappa shape index (κ2) is 14.5. The number of nitrogens with zero attached hydrogens (tertiary/aromatic N) is 2. The zero-order valence-corrected chi connectivity index (χ0v) is 26.2. The average Bonchev–Trinajstić information content (AvgIpc) is 3.58. The summed E-state index contributed by atoms with van der Waals surface area (Å²) >= 11 is 0. The predicted octanol–water partition coefficient (Wildman–Crippen LogP) is 6.42. The van der Waals surface area contributed by atoms with Crippen LogP contribution in [0.5, 0.6) is 11.5 Å². The van der Waals surface area contributed by atoms with Crippen molar-refractivity contribution in [1.82, 2.24) is 4.90 Å². The van der Waals surface area contributed by atoms with Crippen molar-refractivity contribution in [3.05, 3.63) is 89.5 Å². The van der Waals surface area contributed by atoms with Crippen molar-refractivity contribution in [2.24, 2.45) is 5.92 Å². The number of ether oxygens (including phenoxy) is 4. The Hall–Kier alpha value is -3.55. The maximum absolute atomic E-state index is 13.8. The van der Waals surface area contributed by atoms with Gasteiger partial charge in [-0.1, -0.05) is 48.5 Å². The molecule has 1 aliphatic carbocycles. The molecule has 1 unspecified atom stereocenters. The molecule has 0 bridgehead atoms. The number of carbonyl (C=O) groups excluding carboxylic acids is 1. The van der Waals surface area contributed by atoms with E-state index in [0.29, 0.717) is 25.0 Å². The highest BCUT2D eigenvalue weighted by Crippen LogP contribution is 2.41. The molecule has 2 aliphatic heterocycles. The quantitative estimate of drug-likeness (QED) is 0.238. The second-order valence-corrected chi connectivity index (χ2v) is 12.4. The summed E-state index contributed by atoms with van der Waals surface area (Å²) in [6, 6.07) is 25.4. The fourth-order valence-corrected chi connectivity index (χ4v) is 7.23. The molecule has 3 aliphatic rings. The summed E-state index contributed by atoms with van der Waals surface area (Å²) in [5.41, 5.74) is 4.82. The Labute approximate surface area is 262 Å². The molecule has 1 saturated carbocycles. The summed E-state index contributed by atoms with van der Waals surface area (Å²) in [5, 5.41) is 0. The molecule has 234 valence electrons. The highest BCUT2D eigenvalue weighted by molar-refractivity contribution is 5.79. The molecule has 0 N–H and O–H groups in total. The van der Waals surface area contributed by atoms with Gasteiger partial charge in [0.15, 0.2) is 0 Å². The van der Waals surface area contributed by atoms with E-state index in [1.165, 1.54) is 11.1 Å². The molecule has 3 aromatic rings. The first kappa shape index (κ1) is 30.5. The number of methoxy groups -OCH3 is 2. The third-order valence-electron chi connectivity index (χ3n) is 9.67. The van der Waals surface area contributed by atoms with Crippen LogP contribution < -0.4 is 14.4 Å². The highest BCUT2D eigenvalue weighted by Gasteiger charge is 2.39. The lowest BCUT2D eigenvalue weighted by molar-refractivity contribution is -0.137. The molecule has 3 aromatic carbocycles. The lowest BCUT2D eigenvalue weighted by Crippen LogP contribution is -2.40. The normalized spacial score (nSPS) is 23.2. The van der Waals surface area contributed by atoms with Gasteiger partial charge in [0.1, 0.15) is 18.1 Å². The third-order valence-corrected chi connectivity index (χ3v) is 9.67. The number of anilines is 1. The van der Waals surface area contributed by atoms with E-state index in [-0.39, 0.29) is 17.9 Å². The van der Waals surface area contributed by atoms with Crippen LogP contribution in [-0.2, 0) is 20.9 Å². The molecule has 0 spiro atoms. The van der Waals surface area contributed by atoms with Crippen LogP contribution in [-0.4, -0.2) is 70.5 Å². The van der Waals surface area contributed by atoms with Gasteiger partial charge in [-0.2, -0.15) is 0 Å². The van der Waals surface area contributed by atoms with E-state index >= 15 is 0 Å². The molecule has 0 aromatic heterocycles. The summed E-state index contributed by atoms with van der Waals surface area (Å²) < 4.78 is 23.4. The Kier molecular flexibility index (Phi) is 10.0. The van der Waals surface area contributed by atoms with Gasteiger partial charge in [-0.25, -0.2) is 0 Å². The molecule has 2 fully saturated rings. The zero-order chi connectivity index (χ0) is 30.3. The predicted molar refractivity (Wildman–Crippen MR) is 173 cm³/mol. The summed E-state index contributed by atoms with van der Waals surface area (Å²) in [6.07, 6.45) is 4.56. The number of rotatable bonds is 11. The van der Waals surface area contributed by atoms with Crippen molar-refractivity contribution in [3.63, 3.8) is 0 Å². The Balaban J connectivity index is 1.14. The van der Waals surface area contributed by atoms with Crippen molar-refractivity contribution in [3.8, 4) is 11.5 Å². The van der Waals surface area contributed by atoms with Crippen LogP contribution >= 0.6 is 0 Å². The van der Waals surface area contributed by atoms with Gasteiger partial charge in [0, 0.05) is 51.1 Å². The first-order valence-corrected chi connectivity index (χ1v) is 16.2. The molecule has 1 amide bonds. The molecular formula is C37H46N2O5. The standard InChI is InChI=1S/C37H46N2O5/c1-41-21-6-18-38-20-22-43-36-15-9-27(23-34(36)38)26-44-35-16-12-30(24-33(35)29-10-13-32(42-2)14-11-29)37(40)39-19-17-31(25-39)28-7-4-3-5-8-28/h3-5,7-11,13-15,23,30-31,33,35H,6,12,16-22,24-26H2,1-2H3/t30-,31?,33+,35-/m0/s1. The van der Waals surface area contributed by atoms with Crippen LogP contribution in [0.2, 0.25) is 0 Å². The van der Waals surface area contributed by atoms with Crippen LogP contribution in [0, 0.1) is 5.92 Å². The maximum Gasteiger partial charge on any atom is 0.225 e. The summed E-state index contributed by atoms with van der Waals surface area (Å²) in [7, 11) is 3.44. The smallest absolute Gasteiger partial charge is 0.225 e. The minimum Gasteiger partial charge on any atom is -0.497 e. The zero-order valence-electron chi connectivity index (χ0n) is 26.2. The second-order valence-electron chi connectivity index (χ2n) is 12.4. The largest absolute Gasteiger partial charge is 0.497 e. The molecule has 7 nitrogen and oxygen atoms in total. The number of hydrogen-bond donors (Lipinski definition) is 0. The number of hydrogen-bond acceptors (Lipinski definition) is 6. The molecule has 6 rings (SSSR count). The lowest BCUT2D eigenvalue weighted by atomic mass is 9.75. The number of amides is 1. The van der Waals surface area contributed by atoms with E-state index < -0.39 is 0 Å². The molecule has 2 heterocycles. The summed E-state index contributed by atoms with van der Waals surface area (Å²) in [4.78, 5) is 18.3. The van der Waals surface area contributed by atoms with E-state index in [1.807, 2.05) is 12.1 Å². The minimum atomic E-state index is 0.0121. The van der Waals surface area contributed by atoms with E-state index in [4.69, 9.17) is 18.9 Å². The van der Waals surface area contributed by atoms with E-state index in [9.17, 15) is 4.79 Å². The van der Waals surface area contributed by atoms with Crippen molar-refractivity contribution in [2.45, 2.75) is 56.7 Å². The Morgan fingerprint density at radius 3 is 2.57 bits per heavy atom. The van der Waals surface area contributed by atoms with Gasteiger partial charge >= 0.3 is 0 Å². The van der Waals surface area contributed by atoms with Crippen LogP contribution in [0.25, 0.3) is 0 Å². The molecule has 7 heteroatoms. The Morgan fingerprint density at radius 1 is 0.932 bits per heavy atom. The first-order valence-electron chi connectivity index (χ1n) is 16.2. The molecular weight excluding hydrogens is 552 g/mol. The van der Waals surface area contributed by atoms with Crippen LogP contribution in [0.4, 0.5) is 5.69 Å². The van der Waals surface area contributed by atoms with E-state index in [2.05, 4.69) is 70.5 Å². The van der Waals surface area contributed by atoms with Crippen LogP contribution in [0.1, 0.15) is 60.6 Å². The van der Waals surface area contributed by atoms with Gasteiger partial charge in [0.25, 0.3) is 0 Å². The third kappa shape index (κ3) is 7.05. The van der Waals surface area contributed by atoms with Crippen molar-refractivity contribution < 1.29 is 23.7 Å². The number of fused-ring (bicyclic) bond motifs is 1. The monoisotopic (exact) mass is 598 g/mol. The SMILES string of the molecule is COCCCN1CCOc2ccc(CO[C@H]3CC[C@H](C(=O)N4CCC(c5ccccc5)C4)C[C@@H]3c3ccc(OC)cc3)cc21. The van der Waals surface area contributed by atoms with Crippen molar-refractivity contribution >= 4 is 11.6 Å². The molecule has 4 atom stereocenters. The number of carbonyl (C=O) groups is 1. The maximum atomic E-state index is 13.8. The topological polar surface area (TPSA) is 60.5 Å². The summed E-state index contributed by atoms with van der Waals surface area (Å²) in [6.45, 7) is 5.45. The van der Waals surface area contributed by atoms with Gasteiger partial charge < -0.3 is 28.7 Å². The number of benzene rings is 3. The van der Waals surface area contributed by atoms with Gasteiger partial charge in [-0.3, -0.25) is 4.79 Å². The van der Waals surface area contributed by atoms with Crippen LogP contribution in [0.3, 0.4) is 0 Å². The molecule has 0 radical (unpaired) electrons. The van der Waals surface area contributed by atoms with Gasteiger partial charge in [0.05, 0.1) is 32.1 Å². The average molecular weight is 599 g/mol. The highest BCUT2D eigenvalue weighted by atomic mass is 16.5. The fraction of sp³-hybridized carbons (Fsp3) is 0.486. The Bertz CT molecular complexity index is 1360. The fourth-order valence-electron chi connectivity index (χ4n) is 7.23. The van der Waals surface area contributed by atoms with E-state index in [0.717, 1.165) is 87.6 Å². The molecule has 44 heavy (non-hydrogen) atoms. The van der Waals surface area contributed by atoms with E-state index in [1.54, 1.807) is 14.2 Å². The van der Waals surface area contributed by atoms with Gasteiger partial charge in [0.2, 0.25) is 5.91 Å². The first-order chi connectivity index (χ1) is 21.6. The lowest BCUT2D eigenvalue weighted by Gasteiger charge is -2.37. The molecule has 1 saturated heterocycles. The minimum absolute atomic E-state index is 0.0121. The summed E-state index contributed by atoms with van der Waals surface area (Å²) in [5.74, 6) is 2.66. The van der Waals surface area contributed by atoms with Crippen molar-refractivity contribution in [2.75, 3.05) is 58.5 Å². The van der Waals surface area contributed by atoms with Crippen LogP contribution in [0.15, 0.2) is 72.8 Å². The Morgan fingerprint density at radius 2 is 1.77 bits per heavy atom. The van der Waals surface area contributed by atoms with Gasteiger partial charge in [-0.15, -0.1) is 0 Å². The number of likely N-dealkylation sites (tertiary alicyclic amines) is 1.